The standard InChI is InChI=1S/C16H32N4O2.HI/c1-4-13-7-6-8-14(11-13)20-16(17-5-2)19-12-15(21)18-9-10-22-3;/h13-14H,4-12H2,1-3H3,(H,18,21)(H2,17,19,20);1H. The van der Waals surface area contributed by atoms with Crippen LogP contribution in [0.2, 0.25) is 0 Å². The largest absolute Gasteiger partial charge is 0.383 e. The van der Waals surface area contributed by atoms with Crippen molar-refractivity contribution in [3.8, 4) is 0 Å². The summed E-state index contributed by atoms with van der Waals surface area (Å²) in [5.74, 6) is 1.47. The summed E-state index contributed by atoms with van der Waals surface area (Å²) in [7, 11) is 1.62. The molecular weight excluding hydrogens is 407 g/mol. The lowest BCUT2D eigenvalue weighted by Gasteiger charge is -2.30. The van der Waals surface area contributed by atoms with Crippen LogP contribution in [0.4, 0.5) is 0 Å². The molecule has 2 atom stereocenters. The van der Waals surface area contributed by atoms with Gasteiger partial charge >= 0.3 is 0 Å². The average molecular weight is 440 g/mol. The zero-order chi connectivity index (χ0) is 16.2. The lowest BCUT2D eigenvalue weighted by Crippen LogP contribution is -2.45. The van der Waals surface area contributed by atoms with Crippen molar-refractivity contribution in [1.82, 2.24) is 16.0 Å². The first-order chi connectivity index (χ1) is 10.7. The van der Waals surface area contributed by atoms with Crippen molar-refractivity contribution in [2.45, 2.75) is 52.0 Å². The normalized spacial score (nSPS) is 21.3. The molecule has 0 aromatic carbocycles. The highest BCUT2D eigenvalue weighted by Crippen LogP contribution is 2.26. The van der Waals surface area contributed by atoms with Gasteiger partial charge in [-0.15, -0.1) is 24.0 Å². The minimum atomic E-state index is -0.0793. The Morgan fingerprint density at radius 2 is 2.04 bits per heavy atom. The van der Waals surface area contributed by atoms with Gasteiger partial charge in [-0.05, 0) is 25.7 Å². The second-order valence-corrected chi connectivity index (χ2v) is 5.82. The van der Waals surface area contributed by atoms with E-state index in [4.69, 9.17) is 4.74 Å². The van der Waals surface area contributed by atoms with E-state index in [1.165, 1.54) is 32.1 Å². The molecule has 0 aromatic heterocycles. The first-order valence-corrected chi connectivity index (χ1v) is 8.50. The summed E-state index contributed by atoms with van der Waals surface area (Å²) in [5, 5.41) is 9.47. The Morgan fingerprint density at radius 3 is 2.70 bits per heavy atom. The molecule has 0 saturated heterocycles. The number of hydrogen-bond acceptors (Lipinski definition) is 3. The number of hydrogen-bond donors (Lipinski definition) is 3. The maximum absolute atomic E-state index is 11.7. The molecule has 1 rings (SSSR count). The third-order valence-electron chi connectivity index (χ3n) is 4.05. The van der Waals surface area contributed by atoms with E-state index in [9.17, 15) is 4.79 Å². The van der Waals surface area contributed by atoms with Gasteiger partial charge in [0.25, 0.3) is 0 Å². The first-order valence-electron chi connectivity index (χ1n) is 8.50. The minimum absolute atomic E-state index is 0. The van der Waals surface area contributed by atoms with Crippen LogP contribution < -0.4 is 16.0 Å². The zero-order valence-electron chi connectivity index (χ0n) is 14.7. The third kappa shape index (κ3) is 10.0. The van der Waals surface area contributed by atoms with Crippen LogP contribution in [0.1, 0.15) is 46.0 Å². The number of guanidine groups is 1. The van der Waals surface area contributed by atoms with E-state index in [-0.39, 0.29) is 36.4 Å². The monoisotopic (exact) mass is 440 g/mol. The van der Waals surface area contributed by atoms with Crippen LogP contribution in [0.3, 0.4) is 0 Å². The minimum Gasteiger partial charge on any atom is -0.383 e. The van der Waals surface area contributed by atoms with E-state index in [1.807, 2.05) is 6.92 Å². The van der Waals surface area contributed by atoms with Gasteiger partial charge in [0, 0.05) is 26.2 Å². The molecule has 1 aliphatic rings. The molecule has 2 unspecified atom stereocenters. The van der Waals surface area contributed by atoms with Gasteiger partial charge in [0.05, 0.1) is 6.61 Å². The zero-order valence-corrected chi connectivity index (χ0v) is 17.0. The Labute approximate surface area is 157 Å². The van der Waals surface area contributed by atoms with E-state index in [1.54, 1.807) is 7.11 Å². The molecule has 1 aliphatic carbocycles. The quantitative estimate of drug-likeness (QED) is 0.233. The van der Waals surface area contributed by atoms with Crippen LogP contribution in [-0.2, 0) is 9.53 Å². The summed E-state index contributed by atoms with van der Waals surface area (Å²) in [6, 6.07) is 0.466. The number of halogens is 1. The van der Waals surface area contributed by atoms with Gasteiger partial charge in [0.1, 0.15) is 6.54 Å². The molecule has 0 radical (unpaired) electrons. The maximum Gasteiger partial charge on any atom is 0.241 e. The fourth-order valence-electron chi connectivity index (χ4n) is 2.81. The number of methoxy groups -OCH3 is 1. The Kier molecular flexibility index (Phi) is 13.5. The van der Waals surface area contributed by atoms with Crippen LogP contribution in [0.25, 0.3) is 0 Å². The number of carbonyl (C=O) groups is 1. The summed E-state index contributed by atoms with van der Waals surface area (Å²) in [6.07, 6.45) is 6.23. The number of carbonyl (C=O) groups excluding carboxylic acids is 1. The van der Waals surface area contributed by atoms with Crippen LogP contribution in [0.5, 0.6) is 0 Å². The van der Waals surface area contributed by atoms with E-state index in [0.29, 0.717) is 19.2 Å². The Morgan fingerprint density at radius 1 is 1.26 bits per heavy atom. The predicted octanol–water partition coefficient (Wildman–Crippen LogP) is 1.89. The molecule has 0 bridgehead atoms. The van der Waals surface area contributed by atoms with Gasteiger partial charge in [-0.1, -0.05) is 26.2 Å². The van der Waals surface area contributed by atoms with Crippen LogP contribution in [0, 0.1) is 5.92 Å². The van der Waals surface area contributed by atoms with Crippen LogP contribution in [0.15, 0.2) is 4.99 Å². The fourth-order valence-corrected chi connectivity index (χ4v) is 2.81. The van der Waals surface area contributed by atoms with Gasteiger partial charge in [-0.2, -0.15) is 0 Å². The fraction of sp³-hybridized carbons (Fsp3) is 0.875. The van der Waals surface area contributed by atoms with Gasteiger partial charge in [-0.25, -0.2) is 4.99 Å². The Hall–Kier alpha value is -0.570. The number of nitrogens with one attached hydrogen (secondary N) is 3. The SMILES string of the molecule is CCNC(=NCC(=O)NCCOC)NC1CCCC(CC)C1.I. The summed E-state index contributed by atoms with van der Waals surface area (Å²) in [6.45, 7) is 6.27. The molecule has 7 heteroatoms. The van der Waals surface area contributed by atoms with Crippen molar-refractivity contribution in [2.75, 3.05) is 33.4 Å². The molecule has 1 amide bonds. The lowest BCUT2D eigenvalue weighted by atomic mass is 9.84. The van der Waals surface area contributed by atoms with E-state index < -0.39 is 0 Å². The van der Waals surface area contributed by atoms with Crippen molar-refractivity contribution in [3.05, 3.63) is 0 Å². The number of aliphatic imine (C=N–C) groups is 1. The predicted molar refractivity (Wildman–Crippen MR) is 105 cm³/mol. The molecule has 23 heavy (non-hydrogen) atoms. The number of rotatable bonds is 8. The molecule has 0 aromatic rings. The number of ether oxygens (including phenoxy) is 1. The van der Waals surface area contributed by atoms with E-state index >= 15 is 0 Å². The van der Waals surface area contributed by atoms with E-state index in [0.717, 1.165) is 18.4 Å². The molecule has 0 aliphatic heterocycles. The first kappa shape index (κ1) is 22.4. The highest BCUT2D eigenvalue weighted by atomic mass is 127. The summed E-state index contributed by atoms with van der Waals surface area (Å²) < 4.78 is 4.90. The molecule has 0 heterocycles. The molecule has 6 nitrogen and oxygen atoms in total. The van der Waals surface area contributed by atoms with Crippen molar-refractivity contribution < 1.29 is 9.53 Å². The topological polar surface area (TPSA) is 74.8 Å². The number of amides is 1. The summed E-state index contributed by atoms with van der Waals surface area (Å²) >= 11 is 0. The second-order valence-electron chi connectivity index (χ2n) is 5.82. The van der Waals surface area contributed by atoms with E-state index in [2.05, 4.69) is 27.9 Å². The van der Waals surface area contributed by atoms with Gasteiger partial charge in [0.2, 0.25) is 5.91 Å². The summed E-state index contributed by atoms with van der Waals surface area (Å²) in [5.41, 5.74) is 0. The highest BCUT2D eigenvalue weighted by Gasteiger charge is 2.21. The molecule has 1 fully saturated rings. The van der Waals surface area contributed by atoms with Crippen LogP contribution >= 0.6 is 24.0 Å². The van der Waals surface area contributed by atoms with Crippen molar-refractivity contribution in [1.29, 1.82) is 0 Å². The van der Waals surface area contributed by atoms with Gasteiger partial charge in [0.15, 0.2) is 5.96 Å². The second kappa shape index (κ2) is 13.8. The Bertz CT molecular complexity index is 353. The molecular formula is C16H33IN4O2. The lowest BCUT2D eigenvalue weighted by molar-refractivity contribution is -0.119. The van der Waals surface area contributed by atoms with Crippen LogP contribution in [-0.4, -0.2) is 51.3 Å². The summed E-state index contributed by atoms with van der Waals surface area (Å²) in [4.78, 5) is 16.1. The molecule has 3 N–H and O–H groups in total. The maximum atomic E-state index is 11.7. The molecule has 136 valence electrons. The third-order valence-corrected chi connectivity index (χ3v) is 4.05. The highest BCUT2D eigenvalue weighted by molar-refractivity contribution is 14.0. The van der Waals surface area contributed by atoms with Crippen molar-refractivity contribution in [2.24, 2.45) is 10.9 Å². The average Bonchev–Trinajstić information content (AvgIpc) is 2.53. The van der Waals surface area contributed by atoms with Gasteiger partial charge in [-0.3, -0.25) is 4.79 Å². The van der Waals surface area contributed by atoms with Crippen molar-refractivity contribution in [3.63, 3.8) is 0 Å². The smallest absolute Gasteiger partial charge is 0.241 e. The molecule has 1 saturated carbocycles. The Balaban J connectivity index is 0.00000484. The van der Waals surface area contributed by atoms with Gasteiger partial charge < -0.3 is 20.7 Å². The number of nitrogens with zero attached hydrogens (tertiary/aromatic N) is 1. The van der Waals surface area contributed by atoms with Crippen molar-refractivity contribution >= 4 is 35.8 Å². The molecule has 0 spiro atoms.